The van der Waals surface area contributed by atoms with E-state index in [9.17, 15) is 4.79 Å². The fourth-order valence-electron chi connectivity index (χ4n) is 2.78. The minimum Gasteiger partial charge on any atom is -0.465 e. The molecule has 0 saturated carbocycles. The molecular weight excluding hydrogens is 252 g/mol. The molecule has 4 nitrogen and oxygen atoms in total. The van der Waals surface area contributed by atoms with E-state index in [0.29, 0.717) is 11.6 Å². The summed E-state index contributed by atoms with van der Waals surface area (Å²) in [4.78, 5) is 14.1. The highest BCUT2D eigenvalue weighted by Crippen LogP contribution is 2.15. The smallest absolute Gasteiger partial charge is 0.337 e. The van der Waals surface area contributed by atoms with Gasteiger partial charge in [0.05, 0.1) is 12.7 Å². The average Bonchev–Trinajstić information content (AvgIpc) is 3.00. The fraction of sp³-hybridized carbons (Fsp3) is 0.562. The Hall–Kier alpha value is -1.39. The van der Waals surface area contributed by atoms with Gasteiger partial charge in [-0.05, 0) is 43.6 Å². The zero-order valence-electron chi connectivity index (χ0n) is 12.4. The van der Waals surface area contributed by atoms with Crippen molar-refractivity contribution in [2.75, 3.05) is 26.7 Å². The van der Waals surface area contributed by atoms with Gasteiger partial charge in [-0.2, -0.15) is 0 Å². The van der Waals surface area contributed by atoms with E-state index in [1.807, 2.05) is 12.1 Å². The van der Waals surface area contributed by atoms with E-state index in [1.165, 1.54) is 19.1 Å². The van der Waals surface area contributed by atoms with Gasteiger partial charge < -0.3 is 10.1 Å². The fourth-order valence-corrected chi connectivity index (χ4v) is 2.78. The van der Waals surface area contributed by atoms with E-state index in [-0.39, 0.29) is 5.97 Å². The van der Waals surface area contributed by atoms with Crippen LogP contribution in [0.15, 0.2) is 24.3 Å². The molecule has 0 bridgehead atoms. The van der Waals surface area contributed by atoms with Gasteiger partial charge in [0.2, 0.25) is 0 Å². The number of rotatable bonds is 6. The minimum absolute atomic E-state index is 0.267. The van der Waals surface area contributed by atoms with Crippen molar-refractivity contribution in [1.82, 2.24) is 10.2 Å². The van der Waals surface area contributed by atoms with Gasteiger partial charge in [0.1, 0.15) is 0 Å². The van der Waals surface area contributed by atoms with Crippen LogP contribution < -0.4 is 5.32 Å². The third-order valence-electron chi connectivity index (χ3n) is 3.80. The molecule has 1 saturated heterocycles. The van der Waals surface area contributed by atoms with Gasteiger partial charge >= 0.3 is 5.97 Å². The van der Waals surface area contributed by atoms with Gasteiger partial charge in [-0.1, -0.05) is 19.1 Å². The number of carbonyl (C=O) groups is 1. The van der Waals surface area contributed by atoms with Crippen molar-refractivity contribution in [2.24, 2.45) is 0 Å². The molecule has 1 fully saturated rings. The van der Waals surface area contributed by atoms with Gasteiger partial charge in [0.15, 0.2) is 0 Å². The zero-order chi connectivity index (χ0) is 14.4. The van der Waals surface area contributed by atoms with Crippen molar-refractivity contribution in [3.8, 4) is 0 Å². The van der Waals surface area contributed by atoms with Crippen LogP contribution >= 0.6 is 0 Å². The van der Waals surface area contributed by atoms with Crippen LogP contribution in [0.4, 0.5) is 0 Å². The number of methoxy groups -OCH3 is 1. The number of nitrogens with zero attached hydrogens (tertiary/aromatic N) is 1. The highest BCUT2D eigenvalue weighted by molar-refractivity contribution is 5.89. The summed E-state index contributed by atoms with van der Waals surface area (Å²) >= 11 is 0. The van der Waals surface area contributed by atoms with E-state index >= 15 is 0 Å². The molecule has 2 rings (SSSR count). The molecule has 0 aromatic heterocycles. The van der Waals surface area contributed by atoms with E-state index in [4.69, 9.17) is 4.74 Å². The van der Waals surface area contributed by atoms with Gasteiger partial charge in [-0.25, -0.2) is 4.79 Å². The van der Waals surface area contributed by atoms with E-state index < -0.39 is 0 Å². The van der Waals surface area contributed by atoms with Crippen LogP contribution in [0.5, 0.6) is 0 Å². The highest BCUT2D eigenvalue weighted by atomic mass is 16.5. The van der Waals surface area contributed by atoms with Crippen molar-refractivity contribution in [3.63, 3.8) is 0 Å². The van der Waals surface area contributed by atoms with Crippen LogP contribution in [0.25, 0.3) is 0 Å². The van der Waals surface area contributed by atoms with Crippen molar-refractivity contribution in [3.05, 3.63) is 35.4 Å². The molecule has 1 aromatic carbocycles. The summed E-state index contributed by atoms with van der Waals surface area (Å²) in [6.45, 7) is 6.36. The number of ether oxygens (including phenoxy) is 1. The Kier molecular flexibility index (Phi) is 5.56. The summed E-state index contributed by atoms with van der Waals surface area (Å²) in [7, 11) is 1.42. The summed E-state index contributed by atoms with van der Waals surface area (Å²) in [6, 6.07) is 8.36. The molecule has 110 valence electrons. The summed E-state index contributed by atoms with van der Waals surface area (Å²) in [5.74, 6) is -0.267. The Bertz CT molecular complexity index is 442. The third-order valence-corrected chi connectivity index (χ3v) is 3.80. The van der Waals surface area contributed by atoms with Gasteiger partial charge in [0.25, 0.3) is 0 Å². The first-order chi connectivity index (χ1) is 9.74. The lowest BCUT2D eigenvalue weighted by Gasteiger charge is -2.28. The van der Waals surface area contributed by atoms with Crippen LogP contribution in [-0.2, 0) is 11.3 Å². The van der Waals surface area contributed by atoms with Crippen molar-refractivity contribution in [1.29, 1.82) is 0 Å². The lowest BCUT2D eigenvalue weighted by Crippen LogP contribution is -2.36. The van der Waals surface area contributed by atoms with Crippen LogP contribution in [0.1, 0.15) is 35.7 Å². The van der Waals surface area contributed by atoms with Gasteiger partial charge in [-0.3, -0.25) is 4.90 Å². The topological polar surface area (TPSA) is 41.6 Å². The number of carbonyl (C=O) groups excluding carboxylic acids is 1. The maximum absolute atomic E-state index is 11.6. The maximum Gasteiger partial charge on any atom is 0.337 e. The number of esters is 1. The van der Waals surface area contributed by atoms with Crippen molar-refractivity contribution in [2.45, 2.75) is 32.4 Å². The molecule has 0 radical (unpaired) electrons. The summed E-state index contributed by atoms with van der Waals surface area (Å²) < 4.78 is 4.78. The summed E-state index contributed by atoms with van der Waals surface area (Å²) in [6.07, 6.45) is 2.35. The van der Waals surface area contributed by atoms with Crippen molar-refractivity contribution >= 4 is 5.97 Å². The lowest BCUT2D eigenvalue weighted by atomic mass is 10.1. The second-order valence-corrected chi connectivity index (χ2v) is 5.31. The predicted octanol–water partition coefficient (Wildman–Crippen LogP) is 2.05. The number of hydrogen-bond donors (Lipinski definition) is 1. The summed E-state index contributed by atoms with van der Waals surface area (Å²) in [5, 5.41) is 3.42. The Morgan fingerprint density at radius 1 is 1.50 bits per heavy atom. The van der Waals surface area contributed by atoms with E-state index in [2.05, 4.69) is 23.2 Å². The predicted molar refractivity (Wildman–Crippen MR) is 79.8 cm³/mol. The Morgan fingerprint density at radius 2 is 2.35 bits per heavy atom. The number of hydrogen-bond acceptors (Lipinski definition) is 4. The molecule has 1 heterocycles. The second-order valence-electron chi connectivity index (χ2n) is 5.31. The van der Waals surface area contributed by atoms with Crippen LogP contribution in [0.3, 0.4) is 0 Å². The number of benzene rings is 1. The third kappa shape index (κ3) is 3.81. The van der Waals surface area contributed by atoms with Crippen molar-refractivity contribution < 1.29 is 9.53 Å². The quantitative estimate of drug-likeness (QED) is 0.807. The largest absolute Gasteiger partial charge is 0.465 e. The molecule has 20 heavy (non-hydrogen) atoms. The van der Waals surface area contributed by atoms with Gasteiger partial charge in [0, 0.05) is 19.1 Å². The van der Waals surface area contributed by atoms with Gasteiger partial charge in [-0.15, -0.1) is 0 Å². The maximum atomic E-state index is 11.6. The molecule has 4 heteroatoms. The highest BCUT2D eigenvalue weighted by Gasteiger charge is 2.21. The molecule has 0 aliphatic carbocycles. The molecular formula is C16H24N2O2. The molecule has 1 aliphatic heterocycles. The zero-order valence-corrected chi connectivity index (χ0v) is 12.4. The molecule has 1 aromatic rings. The first-order valence-corrected chi connectivity index (χ1v) is 7.36. The molecule has 1 aliphatic rings. The van der Waals surface area contributed by atoms with E-state index in [1.54, 1.807) is 6.07 Å². The molecule has 1 atom stereocenters. The average molecular weight is 276 g/mol. The minimum atomic E-state index is -0.267. The van der Waals surface area contributed by atoms with Crippen LogP contribution in [-0.4, -0.2) is 43.7 Å². The van der Waals surface area contributed by atoms with E-state index in [0.717, 1.165) is 32.6 Å². The van der Waals surface area contributed by atoms with Crippen LogP contribution in [0, 0.1) is 0 Å². The monoisotopic (exact) mass is 276 g/mol. The number of nitrogens with one attached hydrogen (secondary N) is 1. The molecule has 0 spiro atoms. The molecule has 1 unspecified atom stereocenters. The normalized spacial score (nSPS) is 18.4. The Labute approximate surface area is 121 Å². The van der Waals surface area contributed by atoms with Crippen LogP contribution in [0.2, 0.25) is 0 Å². The summed E-state index contributed by atoms with van der Waals surface area (Å²) in [5.41, 5.74) is 1.80. The standard InChI is InChI=1S/C16H24N2O2/c1-3-9-18(15-7-8-17-11-15)12-13-5-4-6-14(10-13)16(19)20-2/h4-6,10,15,17H,3,7-9,11-12H2,1-2H3. The molecule has 0 amide bonds. The second kappa shape index (κ2) is 7.41. The first-order valence-electron chi connectivity index (χ1n) is 7.36. The Balaban J connectivity index is 2.07. The molecule has 1 N–H and O–H groups in total. The first kappa shape index (κ1) is 15.0. The lowest BCUT2D eigenvalue weighted by molar-refractivity contribution is 0.0600. The Morgan fingerprint density at radius 3 is 3.00 bits per heavy atom. The SMILES string of the molecule is CCCN(Cc1cccc(C(=O)OC)c1)C1CCNC1.